The number of aryl methyl sites for hydroxylation is 4. The van der Waals surface area contributed by atoms with Gasteiger partial charge in [0.05, 0.1) is 5.69 Å². The van der Waals surface area contributed by atoms with E-state index in [1.165, 1.54) is 11.4 Å². The summed E-state index contributed by atoms with van der Waals surface area (Å²) in [4.78, 5) is 3.06. The molecule has 0 spiro atoms. The molecule has 0 aromatic carbocycles. The van der Waals surface area contributed by atoms with Crippen LogP contribution in [0.25, 0.3) is 0 Å². The van der Waals surface area contributed by atoms with Gasteiger partial charge in [-0.3, -0.25) is 4.68 Å². The van der Waals surface area contributed by atoms with E-state index in [1.807, 2.05) is 13.1 Å². The lowest BCUT2D eigenvalue weighted by Gasteiger charge is -2.06. The highest BCUT2D eigenvalue weighted by atomic mass is 32.1. The molecular formula is C12H18N4S. The van der Waals surface area contributed by atoms with Gasteiger partial charge < -0.3 is 9.55 Å². The number of aromatic nitrogens is 4. The minimum absolute atomic E-state index is 0.802. The van der Waals surface area contributed by atoms with Gasteiger partial charge in [-0.25, -0.2) is 0 Å². The number of nitrogens with zero attached hydrogens (tertiary/aromatic N) is 3. The van der Waals surface area contributed by atoms with E-state index in [-0.39, 0.29) is 0 Å². The molecule has 0 aliphatic rings. The number of hydrogen-bond donors (Lipinski definition) is 1. The summed E-state index contributed by atoms with van der Waals surface area (Å²) in [5.41, 5.74) is 3.48. The number of aromatic amines is 1. The van der Waals surface area contributed by atoms with Crippen LogP contribution in [0.4, 0.5) is 0 Å². The third-order valence-corrected chi connectivity index (χ3v) is 3.27. The summed E-state index contributed by atoms with van der Waals surface area (Å²) < 4.78 is 4.98. The molecule has 5 heteroatoms. The molecule has 0 saturated heterocycles. The van der Waals surface area contributed by atoms with Gasteiger partial charge in [0.15, 0.2) is 4.77 Å². The molecule has 0 fully saturated rings. The molecule has 0 saturated carbocycles. The first-order chi connectivity index (χ1) is 8.08. The summed E-state index contributed by atoms with van der Waals surface area (Å²) in [5.74, 6) is 0. The van der Waals surface area contributed by atoms with E-state index in [4.69, 9.17) is 12.2 Å². The molecule has 0 aliphatic heterocycles. The molecule has 0 atom stereocenters. The molecule has 17 heavy (non-hydrogen) atoms. The lowest BCUT2D eigenvalue weighted by Crippen LogP contribution is -2.07. The number of rotatable bonds is 4. The third kappa shape index (κ3) is 2.66. The Balaban J connectivity index is 1.96. The average Bonchev–Trinajstić information content (AvgIpc) is 2.74. The topological polar surface area (TPSA) is 38.5 Å². The summed E-state index contributed by atoms with van der Waals surface area (Å²) in [5, 5.41) is 4.45. The highest BCUT2D eigenvalue weighted by molar-refractivity contribution is 7.71. The summed E-state index contributed by atoms with van der Waals surface area (Å²) in [6, 6.07) is 2.10. The zero-order valence-corrected chi connectivity index (χ0v) is 11.3. The first-order valence-electron chi connectivity index (χ1n) is 5.84. The van der Waals surface area contributed by atoms with Crippen LogP contribution < -0.4 is 0 Å². The van der Waals surface area contributed by atoms with E-state index < -0.39 is 0 Å². The highest BCUT2D eigenvalue weighted by Crippen LogP contribution is 2.05. The van der Waals surface area contributed by atoms with Crippen molar-refractivity contribution in [2.24, 2.45) is 0 Å². The molecule has 0 unspecified atom stereocenters. The largest absolute Gasteiger partial charge is 0.337 e. The van der Waals surface area contributed by atoms with Crippen molar-refractivity contribution >= 4 is 12.2 Å². The Labute approximate surface area is 106 Å². The Morgan fingerprint density at radius 1 is 1.24 bits per heavy atom. The molecule has 2 aromatic heterocycles. The van der Waals surface area contributed by atoms with Gasteiger partial charge in [0.1, 0.15) is 0 Å². The smallest absolute Gasteiger partial charge is 0.177 e. The average molecular weight is 250 g/mol. The molecule has 2 heterocycles. The second-order valence-corrected chi connectivity index (χ2v) is 4.78. The minimum Gasteiger partial charge on any atom is -0.337 e. The molecule has 1 N–H and O–H groups in total. The molecular weight excluding hydrogens is 232 g/mol. The maximum absolute atomic E-state index is 5.22. The lowest BCUT2D eigenvalue weighted by atomic mass is 10.3. The summed E-state index contributed by atoms with van der Waals surface area (Å²) in [7, 11) is 0. The minimum atomic E-state index is 0.802. The fraction of sp³-hybridized carbons (Fsp3) is 0.500. The standard InChI is InChI=1S/C12H18N4S/c1-9-7-10(2)16(14-9)6-4-5-15-11(3)8-13-12(15)17/h7-8H,4-6H2,1-3H3,(H,13,17). The van der Waals surface area contributed by atoms with Crippen LogP contribution in [0.2, 0.25) is 0 Å². The highest BCUT2D eigenvalue weighted by Gasteiger charge is 2.02. The van der Waals surface area contributed by atoms with Crippen molar-refractivity contribution in [3.8, 4) is 0 Å². The molecule has 4 nitrogen and oxygen atoms in total. The van der Waals surface area contributed by atoms with Crippen LogP contribution >= 0.6 is 12.2 Å². The van der Waals surface area contributed by atoms with Crippen LogP contribution in [-0.2, 0) is 13.1 Å². The van der Waals surface area contributed by atoms with Gasteiger partial charge in [0.25, 0.3) is 0 Å². The van der Waals surface area contributed by atoms with Crippen molar-refractivity contribution in [2.45, 2.75) is 40.3 Å². The number of H-pyrrole nitrogens is 1. The SMILES string of the molecule is Cc1cc(C)n(CCCn2c(C)c[nH]c2=S)n1. The molecule has 0 bridgehead atoms. The van der Waals surface area contributed by atoms with Crippen molar-refractivity contribution in [3.63, 3.8) is 0 Å². The van der Waals surface area contributed by atoms with Crippen LogP contribution in [0.5, 0.6) is 0 Å². The van der Waals surface area contributed by atoms with Crippen molar-refractivity contribution in [1.29, 1.82) is 0 Å². The summed E-state index contributed by atoms with van der Waals surface area (Å²) in [6.07, 6.45) is 2.99. The van der Waals surface area contributed by atoms with E-state index in [1.54, 1.807) is 0 Å². The van der Waals surface area contributed by atoms with Crippen LogP contribution in [0.15, 0.2) is 12.3 Å². The van der Waals surface area contributed by atoms with Gasteiger partial charge in [-0.1, -0.05) is 0 Å². The Morgan fingerprint density at radius 2 is 2.00 bits per heavy atom. The first-order valence-corrected chi connectivity index (χ1v) is 6.24. The van der Waals surface area contributed by atoms with E-state index in [9.17, 15) is 0 Å². The number of imidazole rings is 1. The Bertz CT molecular complexity index is 561. The summed E-state index contributed by atoms with van der Waals surface area (Å²) in [6.45, 7) is 8.05. The molecule has 0 radical (unpaired) electrons. The van der Waals surface area contributed by atoms with Gasteiger partial charge >= 0.3 is 0 Å². The zero-order chi connectivity index (χ0) is 12.4. The maximum atomic E-state index is 5.22. The van der Waals surface area contributed by atoms with E-state index in [0.717, 1.165) is 30.0 Å². The number of nitrogens with one attached hydrogen (secondary N) is 1. The first kappa shape index (κ1) is 12.1. The van der Waals surface area contributed by atoms with E-state index in [0.29, 0.717) is 0 Å². The van der Waals surface area contributed by atoms with Crippen molar-refractivity contribution in [3.05, 3.63) is 34.1 Å². The molecule has 2 rings (SSSR count). The van der Waals surface area contributed by atoms with Crippen LogP contribution in [0.1, 0.15) is 23.5 Å². The zero-order valence-electron chi connectivity index (χ0n) is 10.5. The van der Waals surface area contributed by atoms with Crippen LogP contribution in [-0.4, -0.2) is 19.3 Å². The second kappa shape index (κ2) is 4.87. The van der Waals surface area contributed by atoms with Crippen molar-refractivity contribution < 1.29 is 0 Å². The van der Waals surface area contributed by atoms with Crippen molar-refractivity contribution in [1.82, 2.24) is 19.3 Å². The normalized spacial score (nSPS) is 11.0. The van der Waals surface area contributed by atoms with Crippen LogP contribution in [0, 0.1) is 25.5 Å². The van der Waals surface area contributed by atoms with Gasteiger partial charge in [-0.05, 0) is 45.5 Å². The quantitative estimate of drug-likeness (QED) is 0.847. The van der Waals surface area contributed by atoms with E-state index in [2.05, 4.69) is 39.2 Å². The third-order valence-electron chi connectivity index (χ3n) is 2.93. The Kier molecular flexibility index (Phi) is 3.47. The Morgan fingerprint density at radius 3 is 2.53 bits per heavy atom. The predicted molar refractivity (Wildman–Crippen MR) is 70.7 cm³/mol. The number of hydrogen-bond acceptors (Lipinski definition) is 2. The molecule has 0 amide bonds. The Hall–Kier alpha value is -1.36. The van der Waals surface area contributed by atoms with Gasteiger partial charge in [-0.2, -0.15) is 5.10 Å². The second-order valence-electron chi connectivity index (χ2n) is 4.39. The fourth-order valence-electron chi connectivity index (χ4n) is 2.04. The van der Waals surface area contributed by atoms with Gasteiger partial charge in [0.2, 0.25) is 0 Å². The van der Waals surface area contributed by atoms with Crippen LogP contribution in [0.3, 0.4) is 0 Å². The predicted octanol–water partition coefficient (Wildman–Crippen LogP) is 2.76. The molecule has 0 aliphatic carbocycles. The van der Waals surface area contributed by atoms with Crippen molar-refractivity contribution in [2.75, 3.05) is 0 Å². The lowest BCUT2D eigenvalue weighted by molar-refractivity contribution is 0.510. The molecule has 2 aromatic rings. The van der Waals surface area contributed by atoms with E-state index >= 15 is 0 Å². The van der Waals surface area contributed by atoms with Gasteiger partial charge in [0, 0.05) is 30.7 Å². The maximum Gasteiger partial charge on any atom is 0.177 e. The monoisotopic (exact) mass is 250 g/mol. The summed E-state index contributed by atoms with van der Waals surface area (Å²) >= 11 is 5.22. The molecule has 92 valence electrons. The van der Waals surface area contributed by atoms with Gasteiger partial charge in [-0.15, -0.1) is 0 Å². The fourth-order valence-corrected chi connectivity index (χ4v) is 2.33.